The van der Waals surface area contributed by atoms with E-state index in [4.69, 9.17) is 0 Å². The molecule has 0 saturated heterocycles. The number of carbonyl (C=O) groups excluding carboxylic acids is 2. The molecule has 1 N–H and O–H groups in total. The van der Waals surface area contributed by atoms with Crippen molar-refractivity contribution in [1.29, 1.82) is 0 Å². The Kier molecular flexibility index (Phi) is 3.62. The molecule has 0 aliphatic heterocycles. The first-order valence-electron chi connectivity index (χ1n) is 9.69. The van der Waals surface area contributed by atoms with E-state index >= 15 is 0 Å². The van der Waals surface area contributed by atoms with Crippen LogP contribution < -0.4 is 0 Å². The molecule has 0 amide bonds. The zero-order valence-corrected chi connectivity index (χ0v) is 15.2. The molecule has 3 fully saturated rings. The van der Waals surface area contributed by atoms with E-state index in [1.165, 1.54) is 5.57 Å². The van der Waals surface area contributed by atoms with Gasteiger partial charge in [0.1, 0.15) is 11.6 Å². The molecular weight excluding hydrogens is 300 g/mol. The van der Waals surface area contributed by atoms with Gasteiger partial charge in [0.05, 0.1) is 11.5 Å². The molecule has 3 nitrogen and oxygen atoms in total. The van der Waals surface area contributed by atoms with Gasteiger partial charge in [0.2, 0.25) is 0 Å². The van der Waals surface area contributed by atoms with Crippen molar-refractivity contribution in [2.24, 2.45) is 34.5 Å². The van der Waals surface area contributed by atoms with Crippen molar-refractivity contribution in [3.8, 4) is 0 Å². The number of hydrogen-bond donors (Lipinski definition) is 1. The van der Waals surface area contributed by atoms with E-state index in [0.717, 1.165) is 32.1 Å². The van der Waals surface area contributed by atoms with Crippen molar-refractivity contribution < 1.29 is 14.7 Å². The van der Waals surface area contributed by atoms with Gasteiger partial charge in [-0.3, -0.25) is 9.59 Å². The van der Waals surface area contributed by atoms with Gasteiger partial charge < -0.3 is 5.11 Å². The van der Waals surface area contributed by atoms with E-state index in [1.807, 2.05) is 0 Å². The zero-order chi connectivity index (χ0) is 17.3. The number of ketones is 2. The molecule has 3 saturated carbocycles. The molecule has 24 heavy (non-hydrogen) atoms. The van der Waals surface area contributed by atoms with E-state index in [9.17, 15) is 14.7 Å². The Morgan fingerprint density at radius 3 is 2.62 bits per heavy atom. The molecule has 0 heterocycles. The van der Waals surface area contributed by atoms with Crippen LogP contribution in [0.5, 0.6) is 0 Å². The second-order valence-corrected chi connectivity index (χ2v) is 9.31. The van der Waals surface area contributed by atoms with E-state index in [-0.39, 0.29) is 22.5 Å². The van der Waals surface area contributed by atoms with Crippen molar-refractivity contribution in [3.63, 3.8) is 0 Å². The number of rotatable bonds is 1. The summed E-state index contributed by atoms with van der Waals surface area (Å²) in [7, 11) is 0. The minimum absolute atomic E-state index is 0.131. The fourth-order valence-electron chi connectivity index (χ4n) is 7.16. The highest BCUT2D eigenvalue weighted by atomic mass is 16.3. The van der Waals surface area contributed by atoms with Gasteiger partial charge in [-0.15, -0.1) is 0 Å². The average molecular weight is 330 g/mol. The first-order chi connectivity index (χ1) is 11.3. The predicted molar refractivity (Wildman–Crippen MR) is 92.3 cm³/mol. The first-order valence-corrected chi connectivity index (χ1v) is 9.69. The molecule has 0 radical (unpaired) electrons. The highest BCUT2D eigenvalue weighted by Crippen LogP contribution is 2.65. The minimum Gasteiger partial charge on any atom is -0.392 e. The van der Waals surface area contributed by atoms with Crippen molar-refractivity contribution in [2.75, 3.05) is 0 Å². The lowest BCUT2D eigenvalue weighted by Gasteiger charge is -2.56. The third-order valence-electron chi connectivity index (χ3n) is 8.43. The van der Waals surface area contributed by atoms with Gasteiger partial charge in [-0.2, -0.15) is 0 Å². The maximum Gasteiger partial charge on any atom is 0.145 e. The fourth-order valence-corrected chi connectivity index (χ4v) is 7.16. The average Bonchev–Trinajstić information content (AvgIpc) is 2.86. The second kappa shape index (κ2) is 5.27. The van der Waals surface area contributed by atoms with Crippen LogP contribution in [0.4, 0.5) is 0 Å². The van der Waals surface area contributed by atoms with Gasteiger partial charge in [0.15, 0.2) is 0 Å². The number of hydrogen-bond acceptors (Lipinski definition) is 3. The molecule has 0 aromatic rings. The Hall–Kier alpha value is -0.960. The van der Waals surface area contributed by atoms with Crippen LogP contribution in [-0.4, -0.2) is 22.8 Å². The number of allylic oxidation sites excluding steroid dienone is 1. The molecule has 0 aromatic heterocycles. The van der Waals surface area contributed by atoms with Crippen LogP contribution in [0.3, 0.4) is 0 Å². The maximum absolute atomic E-state index is 12.9. The van der Waals surface area contributed by atoms with E-state index < -0.39 is 6.10 Å². The summed E-state index contributed by atoms with van der Waals surface area (Å²) in [6, 6.07) is 0. The quantitative estimate of drug-likeness (QED) is 0.746. The lowest BCUT2D eigenvalue weighted by Crippen LogP contribution is -2.54. The molecule has 7 atom stereocenters. The molecule has 0 spiro atoms. The van der Waals surface area contributed by atoms with Crippen LogP contribution in [0.1, 0.15) is 65.7 Å². The van der Waals surface area contributed by atoms with Gasteiger partial charge in [-0.1, -0.05) is 18.6 Å². The lowest BCUT2D eigenvalue weighted by atomic mass is 9.47. The van der Waals surface area contributed by atoms with Gasteiger partial charge >= 0.3 is 0 Å². The number of fused-ring (bicyclic) bond motifs is 5. The Morgan fingerprint density at radius 1 is 1.17 bits per heavy atom. The Bertz CT molecular complexity index is 621. The van der Waals surface area contributed by atoms with Gasteiger partial charge in [-0.25, -0.2) is 0 Å². The van der Waals surface area contributed by atoms with Crippen molar-refractivity contribution >= 4 is 11.6 Å². The molecule has 0 aromatic carbocycles. The first kappa shape index (κ1) is 16.5. The molecule has 0 bridgehead atoms. The van der Waals surface area contributed by atoms with Gasteiger partial charge in [0, 0.05) is 12.3 Å². The van der Waals surface area contributed by atoms with Crippen LogP contribution in [0.25, 0.3) is 0 Å². The normalized spacial score (nSPS) is 50.6. The Balaban J connectivity index is 1.70. The van der Waals surface area contributed by atoms with Crippen LogP contribution in [-0.2, 0) is 9.59 Å². The number of aliphatic hydroxyl groups is 1. The summed E-state index contributed by atoms with van der Waals surface area (Å²) < 4.78 is 0. The Morgan fingerprint density at radius 2 is 1.92 bits per heavy atom. The van der Waals surface area contributed by atoms with Crippen molar-refractivity contribution in [2.45, 2.75) is 71.8 Å². The summed E-state index contributed by atoms with van der Waals surface area (Å²) in [5.74, 6) is 2.31. The predicted octanol–water partition coefficient (Wildman–Crippen LogP) is 3.69. The summed E-state index contributed by atoms with van der Waals surface area (Å²) in [4.78, 5) is 25.1. The zero-order valence-electron chi connectivity index (χ0n) is 15.2. The largest absolute Gasteiger partial charge is 0.392 e. The van der Waals surface area contributed by atoms with Crippen LogP contribution >= 0.6 is 0 Å². The molecule has 4 aliphatic rings. The van der Waals surface area contributed by atoms with E-state index in [1.54, 1.807) is 6.92 Å². The van der Waals surface area contributed by atoms with Crippen molar-refractivity contribution in [1.82, 2.24) is 0 Å². The molecule has 4 aliphatic carbocycles. The highest BCUT2D eigenvalue weighted by molar-refractivity contribution is 5.90. The molecule has 3 heteroatoms. The smallest absolute Gasteiger partial charge is 0.145 e. The summed E-state index contributed by atoms with van der Waals surface area (Å²) in [5.41, 5.74) is 0.959. The minimum atomic E-state index is -0.490. The summed E-state index contributed by atoms with van der Waals surface area (Å²) >= 11 is 0. The Labute approximate surface area is 144 Å². The molecular formula is C21H30O3. The van der Waals surface area contributed by atoms with Crippen molar-refractivity contribution in [3.05, 3.63) is 11.6 Å². The van der Waals surface area contributed by atoms with Gasteiger partial charge in [-0.05, 0) is 75.5 Å². The number of Topliss-reactive ketones (excluding diaryl/α,β-unsaturated/α-hetero) is 2. The topological polar surface area (TPSA) is 54.4 Å². The van der Waals surface area contributed by atoms with Crippen LogP contribution in [0.15, 0.2) is 11.6 Å². The SMILES string of the molecule is CC(=O)C1CCC2C3CC=C4CC(O)CC(=O)C4(C)C3CCC12C. The number of carbonyl (C=O) groups is 2. The number of aliphatic hydroxyl groups excluding tert-OH is 1. The van der Waals surface area contributed by atoms with E-state index in [2.05, 4.69) is 19.9 Å². The molecule has 7 unspecified atom stereocenters. The highest BCUT2D eigenvalue weighted by Gasteiger charge is 2.61. The maximum atomic E-state index is 12.9. The van der Waals surface area contributed by atoms with E-state index in [0.29, 0.717) is 36.4 Å². The second-order valence-electron chi connectivity index (χ2n) is 9.31. The molecule has 4 rings (SSSR count). The lowest BCUT2D eigenvalue weighted by molar-refractivity contribution is -0.141. The van der Waals surface area contributed by atoms with Crippen LogP contribution in [0.2, 0.25) is 0 Å². The third-order valence-corrected chi connectivity index (χ3v) is 8.43. The van der Waals surface area contributed by atoms with Gasteiger partial charge in [0.25, 0.3) is 0 Å². The summed E-state index contributed by atoms with van der Waals surface area (Å²) in [6.45, 7) is 6.24. The van der Waals surface area contributed by atoms with Crippen LogP contribution in [0, 0.1) is 34.5 Å². The molecule has 132 valence electrons. The summed E-state index contributed by atoms with van der Waals surface area (Å²) in [5, 5.41) is 10.0. The third kappa shape index (κ3) is 2.00. The fraction of sp³-hybridized carbons (Fsp3) is 0.810. The monoisotopic (exact) mass is 330 g/mol. The standard InChI is InChI=1S/C21H30O3/c1-12(22)16-6-7-17-15-5-4-13-10-14(23)11-19(24)21(13,3)18(15)8-9-20(16,17)2/h4,14-18,23H,5-11H2,1-3H3. The summed E-state index contributed by atoms with van der Waals surface area (Å²) in [6.07, 6.45) is 8.08.